The Labute approximate surface area is 163 Å². The van der Waals surface area contributed by atoms with Gasteiger partial charge < -0.3 is 15.5 Å². The van der Waals surface area contributed by atoms with Crippen LogP contribution in [0.15, 0.2) is 29.3 Å². The van der Waals surface area contributed by atoms with Gasteiger partial charge >= 0.3 is 0 Å². The molecule has 0 radical (unpaired) electrons. The first-order chi connectivity index (χ1) is 13.0. The van der Waals surface area contributed by atoms with Gasteiger partial charge in [0.1, 0.15) is 0 Å². The van der Waals surface area contributed by atoms with E-state index in [1.165, 1.54) is 39.4 Å². The number of aliphatic imine (C=N–C) groups is 1. The molecule has 0 atom stereocenters. The normalized spacial score (nSPS) is 16.3. The molecule has 0 aliphatic carbocycles. The zero-order chi connectivity index (χ0) is 19.5. The van der Waals surface area contributed by atoms with Gasteiger partial charge in [0, 0.05) is 19.6 Å². The highest BCUT2D eigenvalue weighted by atomic mass is 32.2. The van der Waals surface area contributed by atoms with Crippen molar-refractivity contribution >= 4 is 16.0 Å². The lowest BCUT2D eigenvalue weighted by Crippen LogP contribution is -2.42. The molecule has 3 N–H and O–H groups in total. The van der Waals surface area contributed by atoms with Crippen molar-refractivity contribution in [3.05, 3.63) is 35.4 Å². The van der Waals surface area contributed by atoms with Crippen molar-refractivity contribution in [3.63, 3.8) is 0 Å². The number of rotatable bonds is 9. The Morgan fingerprint density at radius 2 is 1.74 bits per heavy atom. The van der Waals surface area contributed by atoms with Crippen LogP contribution in [0.5, 0.6) is 0 Å². The van der Waals surface area contributed by atoms with Gasteiger partial charge in [-0.3, -0.25) is 0 Å². The third-order valence-corrected chi connectivity index (χ3v) is 5.96. The van der Waals surface area contributed by atoms with E-state index in [-0.39, 0.29) is 5.75 Å². The molecule has 1 saturated heterocycles. The molecular formula is C19H33N5O2S. The molecule has 7 nitrogen and oxygen atoms in total. The average molecular weight is 396 g/mol. The number of nitrogens with one attached hydrogen (secondary N) is 3. The van der Waals surface area contributed by atoms with Crippen LogP contribution in [0, 0.1) is 0 Å². The van der Waals surface area contributed by atoms with Gasteiger partial charge in [0.05, 0.1) is 12.3 Å². The molecule has 1 aliphatic rings. The minimum atomic E-state index is -3.24. The lowest BCUT2D eigenvalue weighted by Gasteiger charge is -2.26. The van der Waals surface area contributed by atoms with Crippen molar-refractivity contribution in [1.29, 1.82) is 0 Å². The zero-order valence-corrected chi connectivity index (χ0v) is 17.3. The number of hydrogen-bond donors (Lipinski definition) is 3. The van der Waals surface area contributed by atoms with E-state index in [4.69, 9.17) is 0 Å². The Morgan fingerprint density at radius 3 is 2.37 bits per heavy atom. The van der Waals surface area contributed by atoms with Crippen LogP contribution in [0.2, 0.25) is 0 Å². The summed E-state index contributed by atoms with van der Waals surface area (Å²) in [6, 6.07) is 7.55. The van der Waals surface area contributed by atoms with Gasteiger partial charge in [-0.2, -0.15) is 0 Å². The number of sulfonamides is 1. The number of guanidine groups is 1. The molecule has 0 bridgehead atoms. The first-order valence-corrected chi connectivity index (χ1v) is 11.4. The van der Waals surface area contributed by atoms with E-state index in [0.29, 0.717) is 6.54 Å². The van der Waals surface area contributed by atoms with Crippen molar-refractivity contribution < 1.29 is 8.42 Å². The van der Waals surface area contributed by atoms with E-state index in [9.17, 15) is 8.42 Å². The average Bonchev–Trinajstić information content (AvgIpc) is 2.68. The van der Waals surface area contributed by atoms with Crippen LogP contribution in [0.3, 0.4) is 0 Å². The highest BCUT2D eigenvalue weighted by Crippen LogP contribution is 2.09. The van der Waals surface area contributed by atoms with Gasteiger partial charge in [-0.15, -0.1) is 0 Å². The number of nitrogens with zero attached hydrogens (tertiary/aromatic N) is 2. The number of benzene rings is 1. The first kappa shape index (κ1) is 21.7. The quantitative estimate of drug-likeness (QED) is 0.433. The summed E-state index contributed by atoms with van der Waals surface area (Å²) in [4.78, 5) is 7.13. The zero-order valence-electron chi connectivity index (χ0n) is 16.5. The summed E-state index contributed by atoms with van der Waals surface area (Å²) in [6.07, 6.45) is 3.97. The maximum atomic E-state index is 11.6. The van der Waals surface area contributed by atoms with E-state index in [0.717, 1.165) is 36.7 Å². The van der Waals surface area contributed by atoms with E-state index >= 15 is 0 Å². The standard InChI is InChI=1S/C19H33N5O2S/c1-3-21-19(22-11-14-24-12-5-4-6-13-24)23-15-17-7-9-18(10-8-17)16-27(25,26)20-2/h7-10,20H,3-6,11-16H2,1-2H3,(H2,21,22,23). The molecule has 0 spiro atoms. The van der Waals surface area contributed by atoms with Gasteiger partial charge in [0.15, 0.2) is 5.96 Å². The van der Waals surface area contributed by atoms with Crippen molar-refractivity contribution in [2.24, 2.45) is 4.99 Å². The molecule has 1 aliphatic heterocycles. The summed E-state index contributed by atoms with van der Waals surface area (Å²) in [7, 11) is -1.81. The molecule has 152 valence electrons. The first-order valence-electron chi connectivity index (χ1n) is 9.76. The fourth-order valence-corrected chi connectivity index (χ4v) is 3.84. The minimum absolute atomic E-state index is 0.00621. The Balaban J connectivity index is 1.83. The fraction of sp³-hybridized carbons (Fsp3) is 0.632. The van der Waals surface area contributed by atoms with Crippen molar-refractivity contribution in [1.82, 2.24) is 20.3 Å². The van der Waals surface area contributed by atoms with Crippen LogP contribution in [-0.4, -0.2) is 59.0 Å². The summed E-state index contributed by atoms with van der Waals surface area (Å²) in [5.74, 6) is 0.810. The fourth-order valence-electron chi connectivity index (χ4n) is 3.06. The third-order valence-electron chi connectivity index (χ3n) is 4.62. The summed E-state index contributed by atoms with van der Waals surface area (Å²) in [5.41, 5.74) is 1.82. The van der Waals surface area contributed by atoms with Gasteiger partial charge in [0.25, 0.3) is 0 Å². The van der Waals surface area contributed by atoms with Crippen molar-refractivity contribution in [2.75, 3.05) is 39.8 Å². The topological polar surface area (TPSA) is 85.8 Å². The summed E-state index contributed by atoms with van der Waals surface area (Å²) in [6.45, 7) is 7.75. The molecule has 1 aromatic rings. The molecule has 0 aromatic heterocycles. The maximum absolute atomic E-state index is 11.6. The maximum Gasteiger partial charge on any atom is 0.215 e. The minimum Gasteiger partial charge on any atom is -0.357 e. The second-order valence-corrected chi connectivity index (χ2v) is 8.73. The largest absolute Gasteiger partial charge is 0.357 e. The highest BCUT2D eigenvalue weighted by molar-refractivity contribution is 7.88. The van der Waals surface area contributed by atoms with Gasteiger partial charge in [-0.1, -0.05) is 30.7 Å². The molecule has 8 heteroatoms. The summed E-state index contributed by atoms with van der Waals surface area (Å²) < 4.78 is 25.5. The predicted molar refractivity (Wildman–Crippen MR) is 111 cm³/mol. The Kier molecular flexibility index (Phi) is 9.03. The molecule has 0 amide bonds. The molecule has 2 rings (SSSR count). The van der Waals surface area contributed by atoms with E-state index < -0.39 is 10.0 Å². The highest BCUT2D eigenvalue weighted by Gasteiger charge is 2.10. The monoisotopic (exact) mass is 395 g/mol. The van der Waals surface area contributed by atoms with Crippen LogP contribution < -0.4 is 15.4 Å². The Hall–Kier alpha value is -1.64. The number of hydrogen-bond acceptors (Lipinski definition) is 4. The summed E-state index contributed by atoms with van der Waals surface area (Å²) in [5, 5.41) is 6.67. The van der Waals surface area contributed by atoms with Crippen LogP contribution >= 0.6 is 0 Å². The smallest absolute Gasteiger partial charge is 0.215 e. The second-order valence-electron chi connectivity index (χ2n) is 6.80. The SMILES string of the molecule is CCNC(=NCc1ccc(CS(=O)(=O)NC)cc1)NCCN1CCCCC1. The molecule has 27 heavy (non-hydrogen) atoms. The summed E-state index contributed by atoms with van der Waals surface area (Å²) >= 11 is 0. The predicted octanol–water partition coefficient (Wildman–Crippen LogP) is 1.28. The lowest BCUT2D eigenvalue weighted by atomic mass is 10.1. The number of likely N-dealkylation sites (tertiary alicyclic amines) is 1. The molecule has 1 fully saturated rings. The van der Waals surface area contributed by atoms with E-state index in [2.05, 4.69) is 32.2 Å². The van der Waals surface area contributed by atoms with E-state index in [1.807, 2.05) is 24.3 Å². The van der Waals surface area contributed by atoms with Crippen LogP contribution in [0.4, 0.5) is 0 Å². The third kappa shape index (κ3) is 8.28. The molecular weight excluding hydrogens is 362 g/mol. The Morgan fingerprint density at radius 1 is 1.07 bits per heavy atom. The Bertz CT molecular complexity index is 683. The van der Waals surface area contributed by atoms with E-state index in [1.54, 1.807) is 0 Å². The van der Waals surface area contributed by atoms with Crippen LogP contribution in [-0.2, 0) is 22.3 Å². The van der Waals surface area contributed by atoms with Crippen molar-refractivity contribution in [2.45, 2.75) is 38.5 Å². The van der Waals surface area contributed by atoms with Crippen molar-refractivity contribution in [3.8, 4) is 0 Å². The molecule has 0 unspecified atom stereocenters. The van der Waals surface area contributed by atoms with Crippen LogP contribution in [0.25, 0.3) is 0 Å². The molecule has 1 aromatic carbocycles. The van der Waals surface area contributed by atoms with Crippen LogP contribution in [0.1, 0.15) is 37.3 Å². The van der Waals surface area contributed by atoms with Gasteiger partial charge in [0.2, 0.25) is 10.0 Å². The number of piperidine rings is 1. The van der Waals surface area contributed by atoms with Gasteiger partial charge in [-0.25, -0.2) is 18.1 Å². The second kappa shape index (κ2) is 11.3. The lowest BCUT2D eigenvalue weighted by molar-refractivity contribution is 0.232. The van der Waals surface area contributed by atoms with Gasteiger partial charge in [-0.05, 0) is 51.0 Å². The molecule has 0 saturated carbocycles. The molecule has 1 heterocycles.